The smallest absolute Gasteiger partial charge is 0.182 e. The molecule has 130 valence electrons. The van der Waals surface area contributed by atoms with Crippen molar-refractivity contribution in [1.82, 2.24) is 0 Å². The van der Waals surface area contributed by atoms with Gasteiger partial charge < -0.3 is 10.4 Å². The van der Waals surface area contributed by atoms with Crippen LogP contribution in [0.1, 0.15) is 22.3 Å². The van der Waals surface area contributed by atoms with Crippen LogP contribution in [0.4, 0.5) is 0 Å². The molecule has 0 heterocycles. The van der Waals surface area contributed by atoms with Gasteiger partial charge in [-0.3, -0.25) is 0 Å². The molecule has 3 aromatic carbocycles. The van der Waals surface area contributed by atoms with E-state index in [2.05, 4.69) is 0 Å². The van der Waals surface area contributed by atoms with Crippen LogP contribution in [0.15, 0.2) is 84.9 Å². The predicted octanol–water partition coefficient (Wildman–Crippen LogP) is 3.95. The third-order valence-electron chi connectivity index (χ3n) is 3.89. The third kappa shape index (κ3) is 5.31. The Hall–Kier alpha value is -3.40. The predicted molar refractivity (Wildman–Crippen MR) is 104 cm³/mol. The van der Waals surface area contributed by atoms with E-state index in [9.17, 15) is 10.4 Å². The fourth-order valence-corrected chi connectivity index (χ4v) is 2.62. The van der Waals surface area contributed by atoms with Crippen molar-refractivity contribution in [3.05, 3.63) is 118 Å². The van der Waals surface area contributed by atoms with E-state index in [1.165, 1.54) is 0 Å². The number of benzene rings is 3. The molecule has 0 aliphatic heterocycles. The summed E-state index contributed by atoms with van der Waals surface area (Å²) in [5.74, 6) is 0. The molecule has 3 rings (SSSR count). The number of hydrogen-bond donors (Lipinski definition) is 0. The molecule has 4 nitrogen and oxygen atoms in total. The van der Waals surface area contributed by atoms with Gasteiger partial charge in [-0.15, -0.1) is 0 Å². The summed E-state index contributed by atoms with van der Waals surface area (Å²) in [5, 5.41) is 24.1. The van der Waals surface area contributed by atoms with Crippen molar-refractivity contribution in [2.24, 2.45) is 0 Å². The van der Waals surface area contributed by atoms with Crippen LogP contribution in [0.2, 0.25) is 0 Å². The Labute approximate surface area is 153 Å². The Bertz CT molecular complexity index is 810. The first kappa shape index (κ1) is 17.4. The average Bonchev–Trinajstić information content (AvgIpc) is 2.65. The lowest BCUT2D eigenvalue weighted by molar-refractivity contribution is -0.469. The maximum absolute atomic E-state index is 12.0. The minimum absolute atomic E-state index is 0.306. The lowest BCUT2D eigenvalue weighted by Crippen LogP contribution is -2.07. The molecule has 0 unspecified atom stereocenters. The number of rotatable bonds is 6. The van der Waals surface area contributed by atoms with Crippen molar-refractivity contribution in [2.45, 2.75) is 13.1 Å². The van der Waals surface area contributed by atoms with E-state index < -0.39 is 0 Å². The molecule has 26 heavy (non-hydrogen) atoms. The van der Waals surface area contributed by atoms with Gasteiger partial charge in [-0.05, 0) is 24.3 Å². The first-order valence-corrected chi connectivity index (χ1v) is 8.44. The summed E-state index contributed by atoms with van der Waals surface area (Å²) in [6.07, 6.45) is 3.10. The quantitative estimate of drug-likeness (QED) is 0.294. The molecule has 0 amide bonds. The highest BCUT2D eigenvalue weighted by Crippen LogP contribution is 2.04. The fraction of sp³-hybridized carbons (Fsp3) is 0.0909. The second-order valence-electron chi connectivity index (χ2n) is 6.05. The molecule has 4 heteroatoms. The molecule has 0 N–H and O–H groups in total. The second kappa shape index (κ2) is 8.62. The van der Waals surface area contributed by atoms with Gasteiger partial charge in [-0.2, -0.15) is 0 Å². The standard InChI is InChI=1S/C22H20N2O2/c25-23(15-19-7-3-1-4-8-19)17-21-11-13-22(14-12-21)18-24(26)16-20-9-5-2-6-10-20/h1-14,17-18H,15-16H2/b23-17-,24-18+. The van der Waals surface area contributed by atoms with Crippen molar-refractivity contribution < 1.29 is 9.48 Å². The first-order valence-electron chi connectivity index (χ1n) is 8.44. The molecule has 0 saturated heterocycles. The highest BCUT2D eigenvalue weighted by atomic mass is 16.5. The zero-order valence-electron chi connectivity index (χ0n) is 14.4. The summed E-state index contributed by atoms with van der Waals surface area (Å²) in [7, 11) is 0. The summed E-state index contributed by atoms with van der Waals surface area (Å²) in [4.78, 5) is 0. The van der Waals surface area contributed by atoms with E-state index in [4.69, 9.17) is 0 Å². The lowest BCUT2D eigenvalue weighted by Gasteiger charge is -2.05. The van der Waals surface area contributed by atoms with Gasteiger partial charge in [0.05, 0.1) is 0 Å². The Kier molecular flexibility index (Phi) is 5.78. The Balaban J connectivity index is 1.64. The van der Waals surface area contributed by atoms with Crippen LogP contribution >= 0.6 is 0 Å². The average molecular weight is 344 g/mol. The van der Waals surface area contributed by atoms with Gasteiger partial charge in [-0.25, -0.2) is 9.48 Å². The Morgan fingerprint density at radius 1 is 0.538 bits per heavy atom. The summed E-state index contributed by atoms with van der Waals surface area (Å²) < 4.78 is 1.81. The summed E-state index contributed by atoms with van der Waals surface area (Å²) in [6, 6.07) is 26.5. The van der Waals surface area contributed by atoms with Crippen molar-refractivity contribution >= 4 is 12.4 Å². The maximum atomic E-state index is 12.0. The Morgan fingerprint density at radius 3 is 1.23 bits per heavy atom. The molecule has 0 bridgehead atoms. The van der Waals surface area contributed by atoms with E-state index in [0.717, 1.165) is 31.7 Å². The zero-order valence-corrected chi connectivity index (χ0v) is 14.4. The first-order chi connectivity index (χ1) is 12.7. The van der Waals surface area contributed by atoms with Gasteiger partial charge in [-0.1, -0.05) is 60.7 Å². The van der Waals surface area contributed by atoms with Crippen molar-refractivity contribution in [2.75, 3.05) is 0 Å². The van der Waals surface area contributed by atoms with E-state index in [1.54, 1.807) is 12.4 Å². The van der Waals surface area contributed by atoms with Crippen LogP contribution in [0, 0.1) is 10.4 Å². The van der Waals surface area contributed by atoms with Gasteiger partial charge in [0.25, 0.3) is 0 Å². The van der Waals surface area contributed by atoms with Crippen molar-refractivity contribution in [3.63, 3.8) is 0 Å². The maximum Gasteiger partial charge on any atom is 0.182 e. The third-order valence-corrected chi connectivity index (χ3v) is 3.89. The van der Waals surface area contributed by atoms with Gasteiger partial charge in [0.2, 0.25) is 0 Å². The van der Waals surface area contributed by atoms with Crippen LogP contribution in [0.3, 0.4) is 0 Å². The number of hydrogen-bond acceptors (Lipinski definition) is 2. The largest absolute Gasteiger partial charge is 0.624 e. The Morgan fingerprint density at radius 2 is 0.885 bits per heavy atom. The van der Waals surface area contributed by atoms with Crippen molar-refractivity contribution in [3.8, 4) is 0 Å². The number of hydroxylamine groups is 2. The van der Waals surface area contributed by atoms with Crippen LogP contribution in [0.25, 0.3) is 0 Å². The molecule has 0 saturated carbocycles. The molecule has 0 fully saturated rings. The number of nitrogens with zero attached hydrogens (tertiary/aromatic N) is 2. The van der Waals surface area contributed by atoms with Crippen LogP contribution in [-0.2, 0) is 13.1 Å². The van der Waals surface area contributed by atoms with Crippen LogP contribution < -0.4 is 0 Å². The SMILES string of the molecule is [O-]/[N+](=C\c1ccc(/C=[N+](/[O-])Cc2ccccc2)cc1)Cc1ccccc1. The minimum Gasteiger partial charge on any atom is -0.624 e. The van der Waals surface area contributed by atoms with E-state index >= 15 is 0 Å². The molecular weight excluding hydrogens is 324 g/mol. The van der Waals surface area contributed by atoms with Crippen molar-refractivity contribution in [1.29, 1.82) is 0 Å². The van der Waals surface area contributed by atoms with Gasteiger partial charge in [0, 0.05) is 22.3 Å². The minimum atomic E-state index is 0.306. The molecule has 0 aromatic heterocycles. The van der Waals surface area contributed by atoms with E-state index in [1.807, 2.05) is 84.9 Å². The topological polar surface area (TPSA) is 52.1 Å². The molecule has 0 atom stereocenters. The van der Waals surface area contributed by atoms with Crippen LogP contribution in [0.5, 0.6) is 0 Å². The lowest BCUT2D eigenvalue weighted by atomic mass is 10.1. The summed E-state index contributed by atoms with van der Waals surface area (Å²) in [5.41, 5.74) is 3.53. The molecule has 0 radical (unpaired) electrons. The monoisotopic (exact) mass is 344 g/mol. The van der Waals surface area contributed by atoms with E-state index in [-0.39, 0.29) is 0 Å². The summed E-state index contributed by atoms with van der Waals surface area (Å²) >= 11 is 0. The van der Waals surface area contributed by atoms with Gasteiger partial charge in [0.1, 0.15) is 0 Å². The molecule has 0 aliphatic rings. The normalized spacial score (nSPS) is 12.2. The highest BCUT2D eigenvalue weighted by Gasteiger charge is 2.01. The molecule has 3 aromatic rings. The van der Waals surface area contributed by atoms with Gasteiger partial charge in [0.15, 0.2) is 25.5 Å². The van der Waals surface area contributed by atoms with E-state index in [0.29, 0.717) is 13.1 Å². The molecule has 0 aliphatic carbocycles. The van der Waals surface area contributed by atoms with Gasteiger partial charge >= 0.3 is 0 Å². The second-order valence-corrected chi connectivity index (χ2v) is 6.05. The highest BCUT2D eigenvalue weighted by molar-refractivity contribution is 5.80. The zero-order chi connectivity index (χ0) is 18.2. The summed E-state index contributed by atoms with van der Waals surface area (Å²) in [6.45, 7) is 0.611. The van der Waals surface area contributed by atoms with Crippen LogP contribution in [-0.4, -0.2) is 21.9 Å². The molecular formula is C22H20N2O2. The molecule has 0 spiro atoms. The fourth-order valence-electron chi connectivity index (χ4n) is 2.62.